The summed E-state index contributed by atoms with van der Waals surface area (Å²) in [5.41, 5.74) is 11.3. The molecule has 0 bridgehead atoms. The zero-order valence-electron chi connectivity index (χ0n) is 10.6. The molecule has 3 rings (SSSR count). The Morgan fingerprint density at radius 1 is 0.650 bits per heavy atom. The highest BCUT2D eigenvalue weighted by atomic mass is 79.9. The third-order valence-corrected chi connectivity index (χ3v) is 6.22. The predicted octanol–water partition coefficient (Wildman–Crippen LogP) is 6.91. The summed E-state index contributed by atoms with van der Waals surface area (Å²) in [5, 5.41) is 3.59. The molecule has 20 heavy (non-hydrogen) atoms. The molecule has 4 heteroatoms. The van der Waals surface area contributed by atoms with E-state index in [4.69, 9.17) is 0 Å². The third-order valence-electron chi connectivity index (χ3n) is 3.84. The standard InChI is InChI=1S/C16H12Br4/c17-5-9-2-1-3-12-14(9)16-13(8-20)10(6-18)4-11(7-19)15(12)16/h1-4H,5-8H2. The molecule has 0 N–H and O–H groups in total. The van der Waals surface area contributed by atoms with E-state index in [1.165, 1.54) is 44.5 Å². The molecule has 1 aliphatic rings. The minimum atomic E-state index is 0.896. The van der Waals surface area contributed by atoms with Crippen molar-refractivity contribution in [3.05, 3.63) is 46.5 Å². The normalized spacial score (nSPS) is 11.8. The summed E-state index contributed by atoms with van der Waals surface area (Å²) in [6, 6.07) is 8.93. The molecule has 2 aromatic carbocycles. The van der Waals surface area contributed by atoms with Crippen molar-refractivity contribution < 1.29 is 0 Å². The van der Waals surface area contributed by atoms with E-state index in [1.807, 2.05) is 0 Å². The van der Waals surface area contributed by atoms with Crippen LogP contribution in [-0.2, 0) is 21.3 Å². The molecule has 0 heterocycles. The summed E-state index contributed by atoms with van der Waals surface area (Å²) in [5.74, 6) is 0. The molecule has 2 aromatic rings. The molecule has 0 saturated carbocycles. The third kappa shape index (κ3) is 2.18. The van der Waals surface area contributed by atoms with Gasteiger partial charge in [0.05, 0.1) is 0 Å². The van der Waals surface area contributed by atoms with E-state index >= 15 is 0 Å². The lowest BCUT2D eigenvalue weighted by Crippen LogP contribution is -2.10. The monoisotopic (exact) mass is 520 g/mol. The molecule has 0 spiro atoms. The van der Waals surface area contributed by atoms with Crippen LogP contribution >= 0.6 is 63.7 Å². The SMILES string of the molecule is BrCc1cc(CBr)c2c(c1CBr)-c1c(CBr)cccc1-2. The first kappa shape index (κ1) is 15.3. The molecule has 0 aromatic heterocycles. The average molecular weight is 524 g/mol. The molecule has 1 aliphatic carbocycles. The highest BCUT2D eigenvalue weighted by Crippen LogP contribution is 2.54. The molecule has 0 saturated heterocycles. The highest BCUT2D eigenvalue weighted by molar-refractivity contribution is 9.09. The van der Waals surface area contributed by atoms with Crippen LogP contribution in [0.5, 0.6) is 0 Å². The largest absolute Gasteiger partial charge is 0.0876 e. The summed E-state index contributed by atoms with van der Waals surface area (Å²) in [6.07, 6.45) is 0. The minimum absolute atomic E-state index is 0.896. The number of fused-ring (bicyclic) bond motifs is 4. The smallest absolute Gasteiger partial charge is 0.0292 e. The summed E-state index contributed by atoms with van der Waals surface area (Å²) in [7, 11) is 0. The summed E-state index contributed by atoms with van der Waals surface area (Å²) < 4.78 is 0. The summed E-state index contributed by atoms with van der Waals surface area (Å²) in [4.78, 5) is 0. The first-order chi connectivity index (χ1) is 9.76. The van der Waals surface area contributed by atoms with Gasteiger partial charge in [-0.15, -0.1) is 0 Å². The van der Waals surface area contributed by atoms with E-state index in [-0.39, 0.29) is 0 Å². The Bertz CT molecular complexity index is 677. The van der Waals surface area contributed by atoms with Gasteiger partial charge < -0.3 is 0 Å². The lowest BCUT2D eigenvalue weighted by atomic mass is 9.73. The van der Waals surface area contributed by atoms with Crippen molar-refractivity contribution in [1.82, 2.24) is 0 Å². The Kier molecular flexibility index (Phi) is 4.76. The molecular formula is C16H12Br4. The van der Waals surface area contributed by atoms with Crippen LogP contribution in [0.1, 0.15) is 22.3 Å². The topological polar surface area (TPSA) is 0 Å². The first-order valence-corrected chi connectivity index (χ1v) is 10.8. The molecule has 0 unspecified atom stereocenters. The Morgan fingerprint density at radius 2 is 1.35 bits per heavy atom. The molecule has 0 amide bonds. The van der Waals surface area contributed by atoms with Crippen LogP contribution < -0.4 is 0 Å². The van der Waals surface area contributed by atoms with Gasteiger partial charge in [-0.3, -0.25) is 0 Å². The second kappa shape index (κ2) is 6.23. The number of alkyl halides is 4. The number of hydrogen-bond donors (Lipinski definition) is 0. The first-order valence-electron chi connectivity index (χ1n) is 6.30. The minimum Gasteiger partial charge on any atom is -0.0876 e. The van der Waals surface area contributed by atoms with Crippen LogP contribution in [0.4, 0.5) is 0 Å². The Hall–Kier alpha value is 0.360. The van der Waals surface area contributed by atoms with E-state index < -0.39 is 0 Å². The van der Waals surface area contributed by atoms with E-state index in [9.17, 15) is 0 Å². The van der Waals surface area contributed by atoms with Crippen molar-refractivity contribution in [3.8, 4) is 22.3 Å². The second-order valence-electron chi connectivity index (χ2n) is 4.80. The number of hydrogen-bond acceptors (Lipinski definition) is 0. The number of halogens is 4. The second-order valence-corrected chi connectivity index (χ2v) is 7.04. The molecule has 0 aliphatic heterocycles. The van der Waals surface area contributed by atoms with Gasteiger partial charge in [0.15, 0.2) is 0 Å². The van der Waals surface area contributed by atoms with E-state index in [1.54, 1.807) is 0 Å². The lowest BCUT2D eigenvalue weighted by molar-refractivity contribution is 1.23. The van der Waals surface area contributed by atoms with Crippen LogP contribution in [0.15, 0.2) is 24.3 Å². The van der Waals surface area contributed by atoms with Gasteiger partial charge in [-0.05, 0) is 44.5 Å². The molecule has 0 atom stereocenters. The van der Waals surface area contributed by atoms with E-state index in [0.717, 1.165) is 21.3 Å². The number of benzene rings is 2. The fourth-order valence-corrected chi connectivity index (χ4v) is 5.01. The fourth-order valence-electron chi connectivity index (χ4n) is 2.95. The zero-order valence-corrected chi connectivity index (χ0v) is 17.0. The average Bonchev–Trinajstić information content (AvgIpc) is 2.49. The van der Waals surface area contributed by atoms with E-state index in [0.29, 0.717) is 0 Å². The van der Waals surface area contributed by atoms with Crippen molar-refractivity contribution >= 4 is 63.7 Å². The Morgan fingerprint density at radius 3 is 1.95 bits per heavy atom. The van der Waals surface area contributed by atoms with Gasteiger partial charge in [-0.25, -0.2) is 0 Å². The van der Waals surface area contributed by atoms with Crippen LogP contribution in [0.2, 0.25) is 0 Å². The predicted molar refractivity (Wildman–Crippen MR) is 101 cm³/mol. The zero-order chi connectivity index (χ0) is 14.3. The van der Waals surface area contributed by atoms with Gasteiger partial charge in [-0.2, -0.15) is 0 Å². The van der Waals surface area contributed by atoms with Gasteiger partial charge in [0.2, 0.25) is 0 Å². The van der Waals surface area contributed by atoms with Crippen molar-refractivity contribution in [2.75, 3.05) is 0 Å². The van der Waals surface area contributed by atoms with Crippen LogP contribution in [0, 0.1) is 0 Å². The fraction of sp³-hybridized carbons (Fsp3) is 0.250. The van der Waals surface area contributed by atoms with Crippen molar-refractivity contribution in [2.24, 2.45) is 0 Å². The Labute approximate surface area is 152 Å². The Balaban J connectivity index is 2.32. The molecule has 0 radical (unpaired) electrons. The maximum atomic E-state index is 3.67. The molecule has 104 valence electrons. The molecular weight excluding hydrogens is 512 g/mol. The lowest BCUT2D eigenvalue weighted by Gasteiger charge is -2.32. The van der Waals surface area contributed by atoms with Crippen LogP contribution in [0.25, 0.3) is 22.3 Å². The van der Waals surface area contributed by atoms with Gasteiger partial charge >= 0.3 is 0 Å². The molecule has 0 nitrogen and oxygen atoms in total. The summed E-state index contributed by atoms with van der Waals surface area (Å²) in [6.45, 7) is 0. The van der Waals surface area contributed by atoms with Gasteiger partial charge in [-0.1, -0.05) is 88.0 Å². The van der Waals surface area contributed by atoms with Crippen molar-refractivity contribution in [2.45, 2.75) is 21.3 Å². The van der Waals surface area contributed by atoms with Gasteiger partial charge in [0.25, 0.3) is 0 Å². The number of rotatable bonds is 4. The van der Waals surface area contributed by atoms with Crippen LogP contribution in [-0.4, -0.2) is 0 Å². The van der Waals surface area contributed by atoms with Gasteiger partial charge in [0, 0.05) is 21.3 Å². The van der Waals surface area contributed by atoms with E-state index in [2.05, 4.69) is 88.0 Å². The van der Waals surface area contributed by atoms with Crippen molar-refractivity contribution in [1.29, 1.82) is 0 Å². The highest BCUT2D eigenvalue weighted by Gasteiger charge is 2.30. The quantitative estimate of drug-likeness (QED) is 0.326. The maximum absolute atomic E-state index is 3.67. The molecule has 0 fully saturated rings. The maximum Gasteiger partial charge on any atom is 0.0292 e. The van der Waals surface area contributed by atoms with Gasteiger partial charge in [0.1, 0.15) is 0 Å². The van der Waals surface area contributed by atoms with Crippen LogP contribution in [0.3, 0.4) is 0 Å². The van der Waals surface area contributed by atoms with Crippen molar-refractivity contribution in [3.63, 3.8) is 0 Å². The summed E-state index contributed by atoms with van der Waals surface area (Å²) >= 11 is 14.5.